The lowest BCUT2D eigenvalue weighted by Gasteiger charge is -2.24. The fourth-order valence-corrected chi connectivity index (χ4v) is 4.24. The molecule has 194 valence electrons. The van der Waals surface area contributed by atoms with E-state index in [2.05, 4.69) is 0 Å². The Morgan fingerprint density at radius 2 is 1.86 bits per heavy atom. The van der Waals surface area contributed by atoms with E-state index in [1.807, 2.05) is 18.2 Å². The van der Waals surface area contributed by atoms with Gasteiger partial charge in [-0.1, -0.05) is 12.1 Å². The molecular formula is C24H26F4N4O4. The molecule has 8 nitrogen and oxygen atoms in total. The number of carbonyl (C=O) groups excluding carboxylic acids is 2. The van der Waals surface area contributed by atoms with Gasteiger partial charge in [0, 0.05) is 50.4 Å². The van der Waals surface area contributed by atoms with Crippen molar-refractivity contribution in [3.63, 3.8) is 0 Å². The molecule has 0 radical (unpaired) electrons. The maximum absolute atomic E-state index is 15.1. The zero-order valence-electron chi connectivity index (χ0n) is 19.3. The Hall–Kier alpha value is -3.38. The number of halogens is 4. The molecule has 2 aliphatic heterocycles. The first kappa shape index (κ1) is 25.7. The molecule has 0 spiro atoms. The Kier molecular flexibility index (Phi) is 7.94. The zero-order valence-corrected chi connectivity index (χ0v) is 19.3. The van der Waals surface area contributed by atoms with Crippen LogP contribution < -0.4 is 15.5 Å². The summed E-state index contributed by atoms with van der Waals surface area (Å²) in [4.78, 5) is 31.6. The van der Waals surface area contributed by atoms with Crippen molar-refractivity contribution in [2.45, 2.75) is 31.9 Å². The second-order valence-corrected chi connectivity index (χ2v) is 8.61. The number of benzene rings is 2. The molecule has 0 unspecified atom stereocenters. The van der Waals surface area contributed by atoms with Gasteiger partial charge in [-0.25, -0.2) is 22.4 Å². The number of Topliss-reactive ketones (excluding diaryl/α,β-unsaturated/α-hetero) is 1. The Morgan fingerprint density at radius 3 is 2.56 bits per heavy atom. The van der Waals surface area contributed by atoms with Crippen LogP contribution in [0.5, 0.6) is 0 Å². The van der Waals surface area contributed by atoms with Gasteiger partial charge in [-0.05, 0) is 24.1 Å². The third-order valence-corrected chi connectivity index (χ3v) is 6.02. The van der Waals surface area contributed by atoms with E-state index in [0.29, 0.717) is 25.3 Å². The van der Waals surface area contributed by atoms with E-state index in [9.17, 15) is 18.4 Å². The summed E-state index contributed by atoms with van der Waals surface area (Å²) < 4.78 is 60.0. The number of nitrogen functional groups attached to an aromatic ring is 1. The van der Waals surface area contributed by atoms with Gasteiger partial charge in [0.05, 0.1) is 18.8 Å². The minimum Gasteiger partial charge on any atom is -0.444 e. The fourth-order valence-electron chi connectivity index (χ4n) is 4.24. The van der Waals surface area contributed by atoms with E-state index in [1.54, 1.807) is 11.1 Å². The van der Waals surface area contributed by atoms with E-state index >= 15 is 8.78 Å². The van der Waals surface area contributed by atoms with Crippen LogP contribution in [0.2, 0.25) is 0 Å². The number of alkyl halides is 2. The van der Waals surface area contributed by atoms with Crippen LogP contribution in [-0.4, -0.2) is 62.3 Å². The zero-order chi connectivity index (χ0) is 25.8. The summed E-state index contributed by atoms with van der Waals surface area (Å²) in [6.07, 6.45) is -5.36. The van der Waals surface area contributed by atoms with Crippen molar-refractivity contribution in [3.8, 4) is 0 Å². The van der Waals surface area contributed by atoms with Crippen molar-refractivity contribution in [1.82, 2.24) is 5.06 Å². The minimum atomic E-state index is -3.09. The van der Waals surface area contributed by atoms with Crippen molar-refractivity contribution in [2.24, 2.45) is 0 Å². The molecule has 2 heterocycles. The molecule has 1 amide bonds. The molecule has 0 aliphatic carbocycles. The molecule has 2 fully saturated rings. The Morgan fingerprint density at radius 1 is 1.11 bits per heavy atom. The summed E-state index contributed by atoms with van der Waals surface area (Å²) in [6, 6.07) is 9.41. The van der Waals surface area contributed by atoms with Gasteiger partial charge in [0.1, 0.15) is 11.8 Å². The smallest absolute Gasteiger partial charge is 0.414 e. The molecule has 2 aliphatic rings. The highest BCUT2D eigenvalue weighted by Crippen LogP contribution is 2.32. The number of cyclic esters (lactones) is 1. The number of ketones is 1. The molecule has 0 saturated carbocycles. The van der Waals surface area contributed by atoms with E-state index in [0.717, 1.165) is 22.6 Å². The normalized spacial score (nSPS) is 19.0. The first-order valence-corrected chi connectivity index (χ1v) is 11.5. The predicted octanol–water partition coefficient (Wildman–Crippen LogP) is 3.74. The number of hydroxylamine groups is 2. The fraction of sp³-hybridized carbons (Fsp3) is 0.417. The number of nitrogens with zero attached hydrogens (tertiary/aromatic N) is 3. The van der Waals surface area contributed by atoms with Crippen molar-refractivity contribution in [2.75, 3.05) is 48.3 Å². The molecule has 36 heavy (non-hydrogen) atoms. The van der Waals surface area contributed by atoms with Gasteiger partial charge in [-0.15, -0.1) is 0 Å². The van der Waals surface area contributed by atoms with Crippen LogP contribution in [0.3, 0.4) is 0 Å². The molecule has 12 heteroatoms. The number of hydrogen-bond acceptors (Lipinski definition) is 7. The molecule has 1 atom stereocenters. The molecule has 2 aromatic rings. The lowest BCUT2D eigenvalue weighted by molar-refractivity contribution is -0.154. The van der Waals surface area contributed by atoms with Crippen LogP contribution in [0, 0.1) is 11.6 Å². The lowest BCUT2D eigenvalue weighted by Crippen LogP contribution is -2.32. The highest BCUT2D eigenvalue weighted by Gasteiger charge is 2.34. The van der Waals surface area contributed by atoms with Gasteiger partial charge < -0.3 is 15.4 Å². The second-order valence-electron chi connectivity index (χ2n) is 8.61. The Balaban J connectivity index is 1.40. The largest absolute Gasteiger partial charge is 0.444 e. The van der Waals surface area contributed by atoms with Crippen LogP contribution >= 0.6 is 0 Å². The van der Waals surface area contributed by atoms with Crippen LogP contribution in [0.15, 0.2) is 36.4 Å². The summed E-state index contributed by atoms with van der Waals surface area (Å²) in [5.41, 5.74) is 7.09. The monoisotopic (exact) mass is 510 g/mol. The average molecular weight is 510 g/mol. The number of hydrogen-bond donors (Lipinski definition) is 1. The van der Waals surface area contributed by atoms with E-state index in [4.69, 9.17) is 15.3 Å². The molecule has 4 rings (SSSR count). The van der Waals surface area contributed by atoms with Gasteiger partial charge in [-0.2, -0.15) is 5.06 Å². The molecule has 2 N–H and O–H groups in total. The summed E-state index contributed by atoms with van der Waals surface area (Å²) >= 11 is 0. The topological polar surface area (TPSA) is 88.3 Å². The van der Waals surface area contributed by atoms with Gasteiger partial charge >= 0.3 is 6.09 Å². The molecule has 2 aromatic carbocycles. The van der Waals surface area contributed by atoms with Crippen LogP contribution in [-0.2, 0) is 20.9 Å². The van der Waals surface area contributed by atoms with Gasteiger partial charge in [0.15, 0.2) is 17.4 Å². The third kappa shape index (κ3) is 6.05. The first-order valence-electron chi connectivity index (χ1n) is 11.5. The third-order valence-electron chi connectivity index (χ3n) is 6.02. The van der Waals surface area contributed by atoms with Gasteiger partial charge in [0.25, 0.3) is 6.43 Å². The predicted molar refractivity (Wildman–Crippen MR) is 124 cm³/mol. The maximum Gasteiger partial charge on any atom is 0.414 e. The van der Waals surface area contributed by atoms with Crippen LogP contribution in [0.25, 0.3) is 0 Å². The average Bonchev–Trinajstić information content (AvgIpc) is 3.04. The lowest BCUT2D eigenvalue weighted by atomic mass is 10.1. The molecule has 0 aromatic heterocycles. The molecule has 2 saturated heterocycles. The van der Waals surface area contributed by atoms with E-state index in [-0.39, 0.29) is 37.5 Å². The Labute approximate surface area is 205 Å². The van der Waals surface area contributed by atoms with Crippen LogP contribution in [0.1, 0.15) is 18.4 Å². The summed E-state index contributed by atoms with van der Waals surface area (Å²) in [6.45, 7) is 1.48. The van der Waals surface area contributed by atoms with Crippen LogP contribution in [0.4, 0.5) is 39.4 Å². The quantitative estimate of drug-likeness (QED) is 0.428. The molecule has 0 bridgehead atoms. The van der Waals surface area contributed by atoms with Gasteiger partial charge in [0.2, 0.25) is 0 Å². The van der Waals surface area contributed by atoms with E-state index in [1.165, 1.54) is 4.90 Å². The van der Waals surface area contributed by atoms with Crippen molar-refractivity contribution in [1.29, 1.82) is 0 Å². The number of carbonyl (C=O) groups is 2. The van der Waals surface area contributed by atoms with Gasteiger partial charge in [-0.3, -0.25) is 14.5 Å². The summed E-state index contributed by atoms with van der Waals surface area (Å²) in [5, 5.41) is 1.71. The first-order chi connectivity index (χ1) is 17.2. The number of amides is 1. The Bertz CT molecular complexity index is 1100. The van der Waals surface area contributed by atoms with Crippen molar-refractivity contribution in [3.05, 3.63) is 53.6 Å². The second kappa shape index (κ2) is 11.1. The summed E-state index contributed by atoms with van der Waals surface area (Å²) in [5.74, 6) is -2.98. The highest BCUT2D eigenvalue weighted by molar-refractivity contribution is 5.90. The number of rotatable bonds is 8. The minimum absolute atomic E-state index is 0.0594. The maximum atomic E-state index is 15.1. The number of anilines is 3. The highest BCUT2D eigenvalue weighted by atomic mass is 19.3. The SMILES string of the molecule is Nc1cccc(CN2CCN(c3c(F)cc(N4C[C@H](CCC(=O)C(F)F)OC4=O)cc3F)CCO2)c1. The molecular weight excluding hydrogens is 484 g/mol. The van der Waals surface area contributed by atoms with Crippen molar-refractivity contribution >= 4 is 28.9 Å². The van der Waals surface area contributed by atoms with E-state index < -0.39 is 42.5 Å². The summed E-state index contributed by atoms with van der Waals surface area (Å²) in [7, 11) is 0. The standard InChI is InChI=1S/C24H26F4N4O4/c25-19-11-17(32-14-18(36-24(32)34)4-5-21(33)23(27)28)12-20(26)22(19)30-6-7-31(35-9-8-30)13-15-2-1-3-16(29)10-15/h1-3,10-12,18,23H,4-9,13-14,29H2/t18-/m0/s1. The number of nitrogens with two attached hydrogens (primary N) is 1. The number of ether oxygens (including phenoxy) is 1. The van der Waals surface area contributed by atoms with Crippen molar-refractivity contribution < 1.29 is 36.7 Å².